The number of hydrogen-bond acceptors (Lipinski definition) is 5. The van der Waals surface area contributed by atoms with E-state index in [0.717, 1.165) is 21.8 Å². The first-order chi connectivity index (χ1) is 11.7. The predicted octanol–water partition coefficient (Wildman–Crippen LogP) is 4.61. The maximum Gasteiger partial charge on any atom is 0.203 e. The molecule has 0 aliphatic carbocycles. The van der Waals surface area contributed by atoms with Gasteiger partial charge in [-0.15, -0.1) is 11.8 Å². The highest BCUT2D eigenvalue weighted by Crippen LogP contribution is 2.39. The third-order valence-electron chi connectivity index (χ3n) is 3.58. The Labute approximate surface area is 147 Å². The molecule has 128 valence electrons. The third kappa shape index (κ3) is 3.79. The lowest BCUT2D eigenvalue weighted by molar-refractivity contribution is 0.324. The first kappa shape index (κ1) is 18.1. The van der Waals surface area contributed by atoms with Gasteiger partial charge in [0.25, 0.3) is 0 Å². The zero-order valence-electron chi connectivity index (χ0n) is 14.6. The molecule has 0 spiro atoms. The summed E-state index contributed by atoms with van der Waals surface area (Å²) in [6, 6.07) is 9.83. The summed E-state index contributed by atoms with van der Waals surface area (Å²) >= 11 is 1.66. The van der Waals surface area contributed by atoms with Crippen molar-refractivity contribution in [2.45, 2.75) is 4.90 Å². The summed E-state index contributed by atoms with van der Waals surface area (Å²) < 4.78 is 21.5. The van der Waals surface area contributed by atoms with Gasteiger partial charge in [0.15, 0.2) is 11.5 Å². The van der Waals surface area contributed by atoms with Crippen molar-refractivity contribution in [3.63, 3.8) is 0 Å². The molecule has 0 unspecified atom stereocenters. The number of methoxy groups -OCH3 is 4. The number of rotatable bonds is 7. The van der Waals surface area contributed by atoms with Gasteiger partial charge in [-0.3, -0.25) is 0 Å². The van der Waals surface area contributed by atoms with E-state index >= 15 is 0 Å². The van der Waals surface area contributed by atoms with E-state index in [4.69, 9.17) is 18.9 Å². The highest BCUT2D eigenvalue weighted by molar-refractivity contribution is 7.98. The molecule has 0 bridgehead atoms. The molecule has 0 N–H and O–H groups in total. The minimum atomic E-state index is 0.586. The highest BCUT2D eigenvalue weighted by Gasteiger charge is 2.12. The topological polar surface area (TPSA) is 36.9 Å². The van der Waals surface area contributed by atoms with Gasteiger partial charge in [-0.2, -0.15) is 0 Å². The predicted molar refractivity (Wildman–Crippen MR) is 99.8 cm³/mol. The molecule has 0 saturated heterocycles. The van der Waals surface area contributed by atoms with Crippen LogP contribution in [0.5, 0.6) is 23.0 Å². The van der Waals surface area contributed by atoms with Crippen LogP contribution in [0.15, 0.2) is 35.2 Å². The average Bonchev–Trinajstić information content (AvgIpc) is 2.64. The zero-order valence-corrected chi connectivity index (χ0v) is 15.4. The smallest absolute Gasteiger partial charge is 0.203 e. The van der Waals surface area contributed by atoms with Crippen LogP contribution >= 0.6 is 11.8 Å². The fourth-order valence-corrected chi connectivity index (χ4v) is 3.15. The summed E-state index contributed by atoms with van der Waals surface area (Å²) in [5.74, 6) is 2.72. The molecule has 5 heteroatoms. The van der Waals surface area contributed by atoms with Crippen molar-refractivity contribution in [1.82, 2.24) is 0 Å². The van der Waals surface area contributed by atoms with Gasteiger partial charge in [-0.1, -0.05) is 24.3 Å². The van der Waals surface area contributed by atoms with Crippen LogP contribution in [0.25, 0.3) is 12.2 Å². The molecule has 0 fully saturated rings. The molecule has 0 saturated carbocycles. The average molecular weight is 346 g/mol. The summed E-state index contributed by atoms with van der Waals surface area (Å²) in [5, 5.41) is 0. The maximum absolute atomic E-state index is 5.42. The summed E-state index contributed by atoms with van der Waals surface area (Å²) in [6.45, 7) is 0. The Bertz CT molecular complexity index is 700. The van der Waals surface area contributed by atoms with E-state index in [-0.39, 0.29) is 0 Å². The highest BCUT2D eigenvalue weighted by atomic mass is 32.2. The van der Waals surface area contributed by atoms with Crippen molar-refractivity contribution in [3.8, 4) is 23.0 Å². The minimum absolute atomic E-state index is 0.586. The molecule has 24 heavy (non-hydrogen) atoms. The van der Waals surface area contributed by atoms with Gasteiger partial charge < -0.3 is 18.9 Å². The molecular weight excluding hydrogens is 324 g/mol. The molecule has 0 radical (unpaired) electrons. The molecule has 0 amide bonds. The van der Waals surface area contributed by atoms with E-state index in [2.05, 4.69) is 12.1 Å². The summed E-state index contributed by atoms with van der Waals surface area (Å²) in [7, 11) is 6.50. The van der Waals surface area contributed by atoms with E-state index in [9.17, 15) is 0 Å². The third-order valence-corrected chi connectivity index (χ3v) is 4.42. The number of thioether (sulfide) groups is 1. The quantitative estimate of drug-likeness (QED) is 0.540. The van der Waals surface area contributed by atoms with Crippen LogP contribution in [0, 0.1) is 0 Å². The van der Waals surface area contributed by atoms with Gasteiger partial charge in [0.05, 0.1) is 33.3 Å². The van der Waals surface area contributed by atoms with Crippen LogP contribution in [-0.4, -0.2) is 34.7 Å². The monoisotopic (exact) mass is 346 g/mol. The van der Waals surface area contributed by atoms with Crippen molar-refractivity contribution in [2.24, 2.45) is 0 Å². The SMILES string of the molecule is COc1cc(/C=C\c2cccc(OC)c2SC)cc(OC)c1OC. The molecule has 0 aliphatic rings. The Morgan fingerprint density at radius 3 is 1.92 bits per heavy atom. The summed E-state index contributed by atoms with van der Waals surface area (Å²) in [4.78, 5) is 1.10. The lowest BCUT2D eigenvalue weighted by Gasteiger charge is -2.13. The van der Waals surface area contributed by atoms with Gasteiger partial charge in [0, 0.05) is 0 Å². The van der Waals surface area contributed by atoms with Crippen LogP contribution in [0.1, 0.15) is 11.1 Å². The van der Waals surface area contributed by atoms with E-state index in [0.29, 0.717) is 17.2 Å². The van der Waals surface area contributed by atoms with Crippen molar-refractivity contribution in [3.05, 3.63) is 41.5 Å². The number of ether oxygens (including phenoxy) is 4. The van der Waals surface area contributed by atoms with E-state index in [1.54, 1.807) is 40.2 Å². The van der Waals surface area contributed by atoms with Crippen LogP contribution < -0.4 is 18.9 Å². The molecule has 0 aromatic heterocycles. The van der Waals surface area contributed by atoms with Gasteiger partial charge in [-0.25, -0.2) is 0 Å². The lowest BCUT2D eigenvalue weighted by Crippen LogP contribution is -1.95. The fraction of sp³-hybridized carbons (Fsp3) is 0.263. The van der Waals surface area contributed by atoms with Crippen molar-refractivity contribution in [2.75, 3.05) is 34.7 Å². The Morgan fingerprint density at radius 1 is 0.792 bits per heavy atom. The molecule has 0 atom stereocenters. The summed E-state index contributed by atoms with van der Waals surface area (Å²) in [5.41, 5.74) is 2.05. The second-order valence-electron chi connectivity index (χ2n) is 4.87. The van der Waals surface area contributed by atoms with E-state index in [1.165, 1.54) is 0 Å². The lowest BCUT2D eigenvalue weighted by atomic mass is 10.1. The van der Waals surface area contributed by atoms with Crippen LogP contribution in [0.2, 0.25) is 0 Å². The van der Waals surface area contributed by atoms with Gasteiger partial charge in [0.2, 0.25) is 5.75 Å². The van der Waals surface area contributed by atoms with E-state index < -0.39 is 0 Å². The first-order valence-electron chi connectivity index (χ1n) is 7.37. The number of benzene rings is 2. The molecule has 2 rings (SSSR count). The Hall–Kier alpha value is -2.27. The van der Waals surface area contributed by atoms with Gasteiger partial charge >= 0.3 is 0 Å². The zero-order chi connectivity index (χ0) is 17.5. The minimum Gasteiger partial charge on any atom is -0.496 e. The number of hydrogen-bond donors (Lipinski definition) is 0. The molecule has 0 aliphatic heterocycles. The molecule has 0 heterocycles. The van der Waals surface area contributed by atoms with Crippen LogP contribution in [0.4, 0.5) is 0 Å². The molecule has 2 aromatic rings. The first-order valence-corrected chi connectivity index (χ1v) is 8.60. The van der Waals surface area contributed by atoms with Crippen molar-refractivity contribution >= 4 is 23.9 Å². The maximum atomic E-state index is 5.42. The molecule has 2 aromatic carbocycles. The Kier molecular flexibility index (Phi) is 6.44. The second-order valence-corrected chi connectivity index (χ2v) is 5.69. The normalized spacial score (nSPS) is 10.7. The summed E-state index contributed by atoms with van der Waals surface area (Å²) in [6.07, 6.45) is 6.10. The van der Waals surface area contributed by atoms with E-state index in [1.807, 2.05) is 36.6 Å². The Balaban J connectivity index is 2.43. The Morgan fingerprint density at radius 2 is 1.42 bits per heavy atom. The molecule has 4 nitrogen and oxygen atoms in total. The van der Waals surface area contributed by atoms with Crippen molar-refractivity contribution in [1.29, 1.82) is 0 Å². The largest absolute Gasteiger partial charge is 0.496 e. The van der Waals surface area contributed by atoms with Gasteiger partial charge in [0.1, 0.15) is 5.75 Å². The molecular formula is C19H22O4S. The van der Waals surface area contributed by atoms with Crippen LogP contribution in [-0.2, 0) is 0 Å². The van der Waals surface area contributed by atoms with Crippen molar-refractivity contribution < 1.29 is 18.9 Å². The fourth-order valence-electron chi connectivity index (χ4n) is 2.43. The second kappa shape index (κ2) is 8.55. The standard InChI is InChI=1S/C19H22O4S/c1-20-15-8-6-7-14(19(15)24-5)10-9-13-11-16(21-2)18(23-4)17(12-13)22-3/h6-12H,1-5H3/b10-9-. The van der Waals surface area contributed by atoms with Gasteiger partial charge in [-0.05, 0) is 35.6 Å². The van der Waals surface area contributed by atoms with Crippen LogP contribution in [0.3, 0.4) is 0 Å².